The third-order valence-electron chi connectivity index (χ3n) is 5.25. The summed E-state index contributed by atoms with van der Waals surface area (Å²) in [6.45, 7) is 0.737. The molecular formula is C27H26N4O2. The average Bonchev–Trinajstić information content (AvgIpc) is 2.88. The van der Waals surface area contributed by atoms with E-state index in [9.17, 15) is 4.79 Å². The van der Waals surface area contributed by atoms with Crippen molar-refractivity contribution in [1.82, 2.24) is 9.97 Å². The smallest absolute Gasteiger partial charge is 0.328 e. The van der Waals surface area contributed by atoms with Gasteiger partial charge in [0.1, 0.15) is 6.04 Å². The Morgan fingerprint density at radius 1 is 0.879 bits per heavy atom. The highest BCUT2D eigenvalue weighted by molar-refractivity contribution is 5.79. The van der Waals surface area contributed by atoms with Gasteiger partial charge in [-0.15, -0.1) is 0 Å². The molecule has 6 nitrogen and oxygen atoms in total. The van der Waals surface area contributed by atoms with E-state index >= 15 is 0 Å². The van der Waals surface area contributed by atoms with Crippen LogP contribution in [0.2, 0.25) is 0 Å². The highest BCUT2D eigenvalue weighted by Gasteiger charge is 2.20. The van der Waals surface area contributed by atoms with E-state index in [0.29, 0.717) is 12.4 Å². The number of hydrogen-bond acceptors (Lipinski definition) is 6. The number of para-hydroxylation sites is 1. The summed E-state index contributed by atoms with van der Waals surface area (Å²) < 4.78 is 4.98. The molecule has 0 bridgehead atoms. The highest BCUT2D eigenvalue weighted by Crippen LogP contribution is 2.20. The molecule has 1 atom stereocenters. The van der Waals surface area contributed by atoms with E-state index in [-0.39, 0.29) is 5.97 Å². The van der Waals surface area contributed by atoms with Crippen molar-refractivity contribution in [2.75, 3.05) is 17.7 Å². The van der Waals surface area contributed by atoms with Crippen LogP contribution in [-0.4, -0.2) is 29.1 Å². The minimum Gasteiger partial charge on any atom is -0.467 e. The second kappa shape index (κ2) is 10.9. The molecule has 0 saturated carbocycles. The molecule has 1 aromatic heterocycles. The maximum absolute atomic E-state index is 12.3. The molecule has 0 fully saturated rings. The van der Waals surface area contributed by atoms with Gasteiger partial charge in [-0.2, -0.15) is 0 Å². The third kappa shape index (κ3) is 6.17. The van der Waals surface area contributed by atoms with Gasteiger partial charge in [0.25, 0.3) is 0 Å². The molecule has 0 unspecified atom stereocenters. The van der Waals surface area contributed by atoms with Crippen molar-refractivity contribution in [2.45, 2.75) is 19.0 Å². The summed E-state index contributed by atoms with van der Waals surface area (Å²) in [6, 6.07) is 29.4. The number of aromatic nitrogens is 2. The SMILES string of the molecule is COC(=O)[C@H](Cc1ccccc1)Nc1nccc(-c2ccc(CNc3ccccc3)cc2)n1. The van der Waals surface area contributed by atoms with Crippen molar-refractivity contribution in [3.05, 3.63) is 108 Å². The Labute approximate surface area is 193 Å². The number of hydrogen-bond donors (Lipinski definition) is 2. The lowest BCUT2D eigenvalue weighted by Crippen LogP contribution is -2.33. The molecule has 4 aromatic rings. The number of benzene rings is 3. The van der Waals surface area contributed by atoms with Crippen LogP contribution in [0, 0.1) is 0 Å². The molecule has 33 heavy (non-hydrogen) atoms. The Morgan fingerprint density at radius 3 is 2.27 bits per heavy atom. The van der Waals surface area contributed by atoms with Crippen LogP contribution in [0.1, 0.15) is 11.1 Å². The molecule has 0 spiro atoms. The molecule has 0 aliphatic rings. The zero-order valence-corrected chi connectivity index (χ0v) is 18.4. The number of anilines is 2. The Morgan fingerprint density at radius 2 is 1.58 bits per heavy atom. The summed E-state index contributed by atoms with van der Waals surface area (Å²) in [5.74, 6) is 0.0248. The van der Waals surface area contributed by atoms with E-state index < -0.39 is 6.04 Å². The molecule has 2 N–H and O–H groups in total. The predicted molar refractivity (Wildman–Crippen MR) is 131 cm³/mol. The molecule has 0 aliphatic heterocycles. The van der Waals surface area contributed by atoms with Gasteiger partial charge in [0.2, 0.25) is 5.95 Å². The number of methoxy groups -OCH3 is 1. The van der Waals surface area contributed by atoms with Crippen LogP contribution in [0.25, 0.3) is 11.3 Å². The second-order valence-corrected chi connectivity index (χ2v) is 7.59. The van der Waals surface area contributed by atoms with Crippen LogP contribution in [0.3, 0.4) is 0 Å². The average molecular weight is 439 g/mol. The summed E-state index contributed by atoms with van der Waals surface area (Å²) in [5, 5.41) is 6.54. The molecule has 1 heterocycles. The van der Waals surface area contributed by atoms with Crippen molar-refractivity contribution < 1.29 is 9.53 Å². The van der Waals surface area contributed by atoms with Crippen LogP contribution in [-0.2, 0) is 22.5 Å². The van der Waals surface area contributed by atoms with Crippen LogP contribution >= 0.6 is 0 Å². The zero-order valence-electron chi connectivity index (χ0n) is 18.4. The molecule has 0 saturated heterocycles. The molecular weight excluding hydrogens is 412 g/mol. The Balaban J connectivity index is 1.44. The fraction of sp³-hybridized carbons (Fsp3) is 0.148. The van der Waals surface area contributed by atoms with Crippen molar-refractivity contribution in [3.8, 4) is 11.3 Å². The van der Waals surface area contributed by atoms with Gasteiger partial charge < -0.3 is 15.4 Å². The molecule has 3 aromatic carbocycles. The molecule has 0 amide bonds. The summed E-state index contributed by atoms with van der Waals surface area (Å²) >= 11 is 0. The Hall–Kier alpha value is -4.19. The predicted octanol–water partition coefficient (Wildman–Crippen LogP) is 4.95. The summed E-state index contributed by atoms with van der Waals surface area (Å²) in [4.78, 5) is 21.3. The number of carbonyl (C=O) groups is 1. The molecule has 0 aliphatic carbocycles. The highest BCUT2D eigenvalue weighted by atomic mass is 16.5. The van der Waals surface area contributed by atoms with Crippen LogP contribution < -0.4 is 10.6 Å². The quantitative estimate of drug-likeness (QED) is 0.360. The van der Waals surface area contributed by atoms with Gasteiger partial charge in [-0.05, 0) is 29.3 Å². The topological polar surface area (TPSA) is 76.1 Å². The normalized spacial score (nSPS) is 11.4. The van der Waals surface area contributed by atoms with E-state index in [1.165, 1.54) is 12.7 Å². The fourth-order valence-electron chi connectivity index (χ4n) is 3.48. The van der Waals surface area contributed by atoms with Gasteiger partial charge in [0.15, 0.2) is 0 Å². The van der Waals surface area contributed by atoms with E-state index in [1.807, 2.05) is 78.9 Å². The van der Waals surface area contributed by atoms with Crippen LogP contribution in [0.4, 0.5) is 11.6 Å². The van der Waals surface area contributed by atoms with Gasteiger partial charge in [-0.1, -0.05) is 72.8 Å². The van der Waals surface area contributed by atoms with Gasteiger partial charge >= 0.3 is 5.97 Å². The summed E-state index contributed by atoms with van der Waals surface area (Å²) in [5.41, 5.74) is 5.03. The van der Waals surface area contributed by atoms with E-state index in [4.69, 9.17) is 4.74 Å². The van der Waals surface area contributed by atoms with Gasteiger partial charge in [-0.3, -0.25) is 0 Å². The van der Waals surface area contributed by atoms with Crippen LogP contribution in [0.5, 0.6) is 0 Å². The fourth-order valence-corrected chi connectivity index (χ4v) is 3.48. The van der Waals surface area contributed by atoms with Gasteiger partial charge in [0, 0.05) is 30.4 Å². The first kappa shape index (κ1) is 22.0. The summed E-state index contributed by atoms with van der Waals surface area (Å²) in [7, 11) is 1.38. The van der Waals surface area contributed by atoms with Crippen molar-refractivity contribution in [1.29, 1.82) is 0 Å². The molecule has 0 radical (unpaired) electrons. The largest absolute Gasteiger partial charge is 0.467 e. The van der Waals surface area contributed by atoms with E-state index in [1.54, 1.807) is 6.20 Å². The lowest BCUT2D eigenvalue weighted by molar-refractivity contribution is -0.141. The lowest BCUT2D eigenvalue weighted by atomic mass is 10.1. The van der Waals surface area contributed by atoms with Crippen LogP contribution in [0.15, 0.2) is 97.2 Å². The second-order valence-electron chi connectivity index (χ2n) is 7.59. The van der Waals surface area contributed by atoms with E-state index in [2.05, 4.69) is 32.7 Å². The van der Waals surface area contributed by atoms with Crippen molar-refractivity contribution in [2.24, 2.45) is 0 Å². The first-order valence-corrected chi connectivity index (χ1v) is 10.8. The maximum Gasteiger partial charge on any atom is 0.328 e. The zero-order chi connectivity index (χ0) is 22.9. The van der Waals surface area contributed by atoms with Crippen molar-refractivity contribution >= 4 is 17.6 Å². The minimum absolute atomic E-state index is 0.358. The standard InChI is InChI=1S/C27H26N4O2/c1-33-26(32)25(18-20-8-4-2-5-9-20)31-27-28-17-16-24(30-27)22-14-12-21(13-15-22)19-29-23-10-6-3-7-11-23/h2-17,25,29H,18-19H2,1H3,(H,28,30,31)/t25-/m0/s1. The number of esters is 1. The number of nitrogens with one attached hydrogen (secondary N) is 2. The third-order valence-corrected chi connectivity index (χ3v) is 5.25. The van der Waals surface area contributed by atoms with Gasteiger partial charge in [-0.25, -0.2) is 14.8 Å². The number of carbonyl (C=O) groups excluding carboxylic acids is 1. The maximum atomic E-state index is 12.3. The molecule has 4 rings (SSSR count). The number of rotatable bonds is 9. The Bertz CT molecular complexity index is 1170. The summed E-state index contributed by atoms with van der Waals surface area (Å²) in [6.07, 6.45) is 2.16. The van der Waals surface area contributed by atoms with E-state index in [0.717, 1.165) is 29.1 Å². The first-order chi connectivity index (χ1) is 16.2. The van der Waals surface area contributed by atoms with Crippen molar-refractivity contribution in [3.63, 3.8) is 0 Å². The lowest BCUT2D eigenvalue weighted by Gasteiger charge is -2.17. The first-order valence-electron chi connectivity index (χ1n) is 10.8. The Kier molecular flexibility index (Phi) is 7.28. The number of ether oxygens (including phenoxy) is 1. The number of nitrogens with zero attached hydrogens (tertiary/aromatic N) is 2. The molecule has 6 heteroatoms. The minimum atomic E-state index is -0.584. The molecule has 166 valence electrons. The van der Waals surface area contributed by atoms with Gasteiger partial charge in [0.05, 0.1) is 12.8 Å². The monoisotopic (exact) mass is 438 g/mol.